The van der Waals surface area contributed by atoms with Gasteiger partial charge in [-0.2, -0.15) is 8.42 Å². The van der Waals surface area contributed by atoms with Gasteiger partial charge in [0.2, 0.25) is 0 Å². The van der Waals surface area contributed by atoms with Crippen LogP contribution in [0.4, 0.5) is 0 Å². The summed E-state index contributed by atoms with van der Waals surface area (Å²) in [5.74, 6) is -0.405. The summed E-state index contributed by atoms with van der Waals surface area (Å²) in [6, 6.07) is 0. The number of carbonyl (C=O) groups excluding carboxylic acids is 1. The van der Waals surface area contributed by atoms with E-state index in [0.717, 1.165) is 51.4 Å². The molecule has 1 aliphatic rings. The molecule has 1 saturated heterocycles. The van der Waals surface area contributed by atoms with Gasteiger partial charge in [-0.15, -0.1) is 0 Å². The molecule has 336 valence electrons. The van der Waals surface area contributed by atoms with Gasteiger partial charge in [-0.1, -0.05) is 141 Å². The minimum absolute atomic E-state index is 0.0321. The van der Waals surface area contributed by atoms with Crippen molar-refractivity contribution in [3.05, 3.63) is 24.3 Å². The number of allylic oxidation sites excluding steroid dienone is 4. The van der Waals surface area contributed by atoms with E-state index in [4.69, 9.17) is 23.5 Å². The molecule has 1 fully saturated rings. The van der Waals surface area contributed by atoms with E-state index in [1.54, 1.807) is 0 Å². The number of aliphatic hydroxyl groups is 3. The van der Waals surface area contributed by atoms with Gasteiger partial charge in [0.05, 0.1) is 19.8 Å². The molecule has 1 aliphatic heterocycles. The second kappa shape index (κ2) is 36.4. The summed E-state index contributed by atoms with van der Waals surface area (Å²) < 4.78 is 59.0. The lowest BCUT2D eigenvalue weighted by atomic mass is 9.99. The first-order chi connectivity index (χ1) is 27.6. The largest absolute Gasteiger partial charge is 0.457 e. The van der Waals surface area contributed by atoms with Crippen LogP contribution in [0.5, 0.6) is 0 Å². The van der Waals surface area contributed by atoms with Gasteiger partial charge in [0, 0.05) is 13.0 Å². The molecule has 0 spiro atoms. The fraction of sp³-hybridized carbons (Fsp3) is 0.886. The minimum Gasteiger partial charge on any atom is -0.457 e. The normalized spacial score (nSPS) is 20.8. The summed E-state index contributed by atoms with van der Waals surface area (Å²) in [7, 11) is -5.06. The maximum Gasteiger partial charge on any atom is 0.397 e. The molecule has 1 rings (SSSR count). The summed E-state index contributed by atoms with van der Waals surface area (Å²) in [6.07, 6.45) is 30.6. The maximum atomic E-state index is 12.8. The molecule has 0 aliphatic carbocycles. The van der Waals surface area contributed by atoms with Crippen LogP contribution < -0.4 is 0 Å². The predicted molar refractivity (Wildman–Crippen MR) is 225 cm³/mol. The summed E-state index contributed by atoms with van der Waals surface area (Å²) in [6.45, 7) is 3.95. The zero-order valence-electron chi connectivity index (χ0n) is 35.7. The highest BCUT2D eigenvalue weighted by Crippen LogP contribution is 2.26. The average Bonchev–Trinajstić information content (AvgIpc) is 3.18. The Labute approximate surface area is 346 Å². The Morgan fingerprint density at radius 1 is 0.649 bits per heavy atom. The molecular weight excluding hydrogens is 753 g/mol. The molecule has 0 amide bonds. The molecule has 0 radical (unpaired) electrons. The Kier molecular flexibility index (Phi) is 34.3. The highest BCUT2D eigenvalue weighted by atomic mass is 32.3. The minimum atomic E-state index is -5.06. The average molecular weight is 835 g/mol. The van der Waals surface area contributed by atoms with Crippen molar-refractivity contribution in [1.82, 2.24) is 0 Å². The Morgan fingerprint density at radius 2 is 1.11 bits per heavy atom. The Bertz CT molecular complexity index is 1100. The topological polar surface area (TPSA) is 178 Å². The SMILES string of the molecule is CCCCC/C=C\CCCCCCCCOCC(COC1OC(CO)C(O)C(OS(=O)(=O)O)C1O)OC(=O)CCCCCCCCC/C=C\CCCCCCCC. The lowest BCUT2D eigenvalue weighted by molar-refractivity contribution is -0.301. The van der Waals surface area contributed by atoms with Crippen LogP contribution in [0.1, 0.15) is 187 Å². The highest BCUT2D eigenvalue weighted by molar-refractivity contribution is 7.80. The standard InChI is InChI=1S/C44H82O12S/c1-3-5-7-9-11-13-15-17-18-19-20-21-23-25-27-29-31-33-40(46)54-38(36-52-34-32-30-28-26-24-22-16-14-12-10-8-6-4-2)37-53-44-42(48)43(56-57(49,50)51)41(47)39(35-45)55-44/h12,14,17-18,38-39,41-45,47-48H,3-11,13,15-16,19-37H2,1-2H3,(H,49,50,51)/b14-12-,18-17-. The molecule has 0 bridgehead atoms. The highest BCUT2D eigenvalue weighted by Gasteiger charge is 2.48. The molecule has 13 heteroatoms. The van der Waals surface area contributed by atoms with Gasteiger partial charge in [0.15, 0.2) is 6.29 Å². The molecule has 0 saturated carbocycles. The molecule has 4 N–H and O–H groups in total. The number of aliphatic hydroxyl groups excluding tert-OH is 3. The molecule has 57 heavy (non-hydrogen) atoms. The summed E-state index contributed by atoms with van der Waals surface area (Å²) in [4.78, 5) is 12.8. The first kappa shape index (κ1) is 53.6. The first-order valence-corrected chi connectivity index (χ1v) is 24.0. The van der Waals surface area contributed by atoms with Crippen LogP contribution in [0.25, 0.3) is 0 Å². The van der Waals surface area contributed by atoms with Gasteiger partial charge < -0.3 is 34.3 Å². The van der Waals surface area contributed by atoms with Crippen LogP contribution in [0.15, 0.2) is 24.3 Å². The third kappa shape index (κ3) is 30.3. The third-order valence-corrected chi connectivity index (χ3v) is 10.8. The van der Waals surface area contributed by atoms with Crippen LogP contribution >= 0.6 is 0 Å². The van der Waals surface area contributed by atoms with E-state index >= 15 is 0 Å². The van der Waals surface area contributed by atoms with E-state index in [2.05, 4.69) is 42.3 Å². The quantitative estimate of drug-likeness (QED) is 0.0200. The number of carbonyl (C=O) groups is 1. The summed E-state index contributed by atoms with van der Waals surface area (Å²) in [5.41, 5.74) is 0. The smallest absolute Gasteiger partial charge is 0.397 e. The zero-order valence-corrected chi connectivity index (χ0v) is 36.5. The van der Waals surface area contributed by atoms with Gasteiger partial charge >= 0.3 is 16.4 Å². The second-order valence-electron chi connectivity index (χ2n) is 15.6. The van der Waals surface area contributed by atoms with Crippen molar-refractivity contribution in [2.24, 2.45) is 0 Å². The van der Waals surface area contributed by atoms with Crippen LogP contribution in [0.3, 0.4) is 0 Å². The van der Waals surface area contributed by atoms with Crippen molar-refractivity contribution in [3.63, 3.8) is 0 Å². The molecule has 0 aromatic rings. The molecule has 0 aromatic carbocycles. The lowest BCUT2D eigenvalue weighted by Crippen LogP contribution is -2.60. The fourth-order valence-electron chi connectivity index (χ4n) is 6.84. The summed E-state index contributed by atoms with van der Waals surface area (Å²) >= 11 is 0. The van der Waals surface area contributed by atoms with E-state index in [-0.39, 0.29) is 19.6 Å². The van der Waals surface area contributed by atoms with E-state index in [1.165, 1.54) is 109 Å². The Balaban J connectivity index is 2.43. The van der Waals surface area contributed by atoms with Crippen LogP contribution in [-0.2, 0) is 38.3 Å². The van der Waals surface area contributed by atoms with E-state index in [1.807, 2.05) is 0 Å². The number of hydrogen-bond donors (Lipinski definition) is 4. The van der Waals surface area contributed by atoms with Crippen molar-refractivity contribution in [1.29, 1.82) is 0 Å². The van der Waals surface area contributed by atoms with Crippen LogP contribution in [-0.4, -0.2) is 97.5 Å². The predicted octanol–water partition coefficient (Wildman–Crippen LogP) is 9.24. The van der Waals surface area contributed by atoms with Crippen LogP contribution in [0, 0.1) is 0 Å². The number of unbranched alkanes of at least 4 members (excludes halogenated alkanes) is 22. The molecule has 6 atom stereocenters. The second-order valence-corrected chi connectivity index (χ2v) is 16.7. The van der Waals surface area contributed by atoms with Crippen LogP contribution in [0.2, 0.25) is 0 Å². The number of ether oxygens (including phenoxy) is 4. The Morgan fingerprint density at radius 3 is 1.61 bits per heavy atom. The summed E-state index contributed by atoms with van der Waals surface area (Å²) in [5, 5.41) is 30.6. The number of rotatable bonds is 39. The molecule has 1 heterocycles. The van der Waals surface area contributed by atoms with Crippen molar-refractivity contribution in [3.8, 4) is 0 Å². The lowest BCUT2D eigenvalue weighted by Gasteiger charge is -2.41. The monoisotopic (exact) mass is 835 g/mol. The Hall–Kier alpha value is -1.42. The first-order valence-electron chi connectivity index (χ1n) is 22.6. The van der Waals surface area contributed by atoms with E-state index < -0.39 is 59.8 Å². The van der Waals surface area contributed by atoms with Gasteiger partial charge in [0.1, 0.15) is 30.5 Å². The van der Waals surface area contributed by atoms with E-state index in [0.29, 0.717) is 13.0 Å². The third-order valence-electron chi connectivity index (χ3n) is 10.3. The maximum absolute atomic E-state index is 12.8. The number of hydrogen-bond acceptors (Lipinski definition) is 11. The van der Waals surface area contributed by atoms with Crippen molar-refractivity contribution in [2.45, 2.75) is 224 Å². The van der Waals surface area contributed by atoms with Gasteiger partial charge in [-0.05, 0) is 64.2 Å². The van der Waals surface area contributed by atoms with Gasteiger partial charge in [-0.3, -0.25) is 9.35 Å². The van der Waals surface area contributed by atoms with Crippen molar-refractivity contribution in [2.75, 3.05) is 26.4 Å². The molecule has 6 unspecified atom stereocenters. The molecule has 0 aromatic heterocycles. The fourth-order valence-corrected chi connectivity index (χ4v) is 7.35. The zero-order chi connectivity index (χ0) is 41.8. The van der Waals surface area contributed by atoms with Crippen molar-refractivity contribution < 1.29 is 56.2 Å². The molecular formula is C44H82O12S. The van der Waals surface area contributed by atoms with E-state index in [9.17, 15) is 28.5 Å². The van der Waals surface area contributed by atoms with Crippen molar-refractivity contribution >= 4 is 16.4 Å². The molecule has 12 nitrogen and oxygen atoms in total. The number of esters is 1. The van der Waals surface area contributed by atoms with Gasteiger partial charge in [-0.25, -0.2) is 4.18 Å². The van der Waals surface area contributed by atoms with Gasteiger partial charge in [0.25, 0.3) is 0 Å².